The average Bonchev–Trinajstić information content (AvgIpc) is 2.50. The molecule has 1 unspecified atom stereocenters. The topological polar surface area (TPSA) is 41.1 Å². The molecule has 0 aromatic heterocycles. The first kappa shape index (κ1) is 15.8. The molecule has 0 saturated heterocycles. The summed E-state index contributed by atoms with van der Waals surface area (Å²) >= 11 is 0. The lowest BCUT2D eigenvalue weighted by atomic mass is 10.1. The number of carbonyl (C=O) groups excluding carboxylic acids is 1. The summed E-state index contributed by atoms with van der Waals surface area (Å²) in [5, 5.41) is 6.19. The van der Waals surface area contributed by atoms with E-state index in [0.717, 1.165) is 11.3 Å². The second-order valence-corrected chi connectivity index (χ2v) is 3.99. The predicted octanol–water partition coefficient (Wildman–Crippen LogP) is 3.88. The molecule has 1 aliphatic heterocycles. The zero-order valence-electron chi connectivity index (χ0n) is 12.3. The highest BCUT2D eigenvalue weighted by Crippen LogP contribution is 2.22. The van der Waals surface area contributed by atoms with Gasteiger partial charge in [0.1, 0.15) is 6.17 Å². The Labute approximate surface area is 121 Å². The number of hydrogen-bond acceptors (Lipinski definition) is 2. The Bertz CT molecular complexity index is 530. The van der Waals surface area contributed by atoms with Gasteiger partial charge in [0.05, 0.1) is 5.56 Å². The highest BCUT2D eigenvalue weighted by Gasteiger charge is 2.23. The summed E-state index contributed by atoms with van der Waals surface area (Å²) in [6, 6.07) is 7.46. The van der Waals surface area contributed by atoms with Gasteiger partial charge in [-0.1, -0.05) is 56.9 Å². The number of carbonyl (C=O) groups is 1. The van der Waals surface area contributed by atoms with Crippen LogP contribution >= 0.6 is 0 Å². The van der Waals surface area contributed by atoms with Crippen molar-refractivity contribution in [1.82, 2.24) is 5.32 Å². The van der Waals surface area contributed by atoms with Crippen LogP contribution in [0.25, 0.3) is 0 Å². The highest BCUT2D eigenvalue weighted by atomic mass is 16.2. The Morgan fingerprint density at radius 1 is 1.25 bits per heavy atom. The molecular weight excluding hydrogens is 248 g/mol. The van der Waals surface area contributed by atoms with Crippen LogP contribution in [-0.2, 0) is 0 Å². The van der Waals surface area contributed by atoms with E-state index in [1.807, 2.05) is 57.2 Å². The minimum atomic E-state index is -0.235. The zero-order chi connectivity index (χ0) is 15.0. The summed E-state index contributed by atoms with van der Waals surface area (Å²) in [6.45, 7) is 9.72. The van der Waals surface area contributed by atoms with Gasteiger partial charge in [-0.15, -0.1) is 0 Å². The summed E-state index contributed by atoms with van der Waals surface area (Å²) in [5.41, 5.74) is 2.44. The van der Waals surface area contributed by atoms with Crippen LogP contribution in [0, 0.1) is 0 Å². The summed E-state index contributed by atoms with van der Waals surface area (Å²) in [6.07, 6.45) is 7.29. The normalized spacial score (nSPS) is 17.4. The van der Waals surface area contributed by atoms with Gasteiger partial charge in [0.2, 0.25) is 0 Å². The molecule has 1 aromatic rings. The number of fused-ring (bicyclic) bond motifs is 1. The van der Waals surface area contributed by atoms with Gasteiger partial charge in [-0.2, -0.15) is 0 Å². The molecule has 20 heavy (non-hydrogen) atoms. The number of amides is 1. The lowest BCUT2D eigenvalue weighted by molar-refractivity contribution is 0.0942. The fourth-order valence-corrected chi connectivity index (χ4v) is 1.86. The van der Waals surface area contributed by atoms with E-state index in [0.29, 0.717) is 5.56 Å². The molecule has 1 aromatic carbocycles. The molecule has 0 spiro atoms. The van der Waals surface area contributed by atoms with Crippen molar-refractivity contribution in [3.05, 3.63) is 66.3 Å². The Hall–Kier alpha value is -2.29. The van der Waals surface area contributed by atoms with E-state index in [2.05, 4.69) is 17.2 Å². The molecule has 3 heteroatoms. The van der Waals surface area contributed by atoms with Crippen molar-refractivity contribution in [2.45, 2.75) is 26.9 Å². The number of allylic oxidation sites excluding steroid dienone is 3. The molecule has 1 aliphatic rings. The molecule has 0 bridgehead atoms. The quantitative estimate of drug-likeness (QED) is 0.818. The molecule has 0 aliphatic carbocycles. The maximum atomic E-state index is 12.0. The molecule has 0 saturated carbocycles. The first-order valence-electron chi connectivity index (χ1n) is 6.88. The number of rotatable bonds is 3. The van der Waals surface area contributed by atoms with Crippen molar-refractivity contribution in [3.8, 4) is 0 Å². The predicted molar refractivity (Wildman–Crippen MR) is 85.8 cm³/mol. The summed E-state index contributed by atoms with van der Waals surface area (Å²) in [4.78, 5) is 12.0. The summed E-state index contributed by atoms with van der Waals surface area (Å²) < 4.78 is 0. The minimum Gasteiger partial charge on any atom is -0.361 e. The third kappa shape index (κ3) is 3.60. The van der Waals surface area contributed by atoms with Crippen LogP contribution in [0.15, 0.2) is 60.7 Å². The minimum absolute atomic E-state index is 0.0671. The van der Waals surface area contributed by atoms with E-state index in [4.69, 9.17) is 0 Å². The van der Waals surface area contributed by atoms with Crippen molar-refractivity contribution < 1.29 is 4.79 Å². The average molecular weight is 270 g/mol. The molecule has 1 heterocycles. The van der Waals surface area contributed by atoms with Crippen LogP contribution in [0.5, 0.6) is 0 Å². The van der Waals surface area contributed by atoms with E-state index in [1.54, 1.807) is 12.1 Å². The van der Waals surface area contributed by atoms with Crippen LogP contribution in [0.1, 0.15) is 31.1 Å². The van der Waals surface area contributed by atoms with Crippen molar-refractivity contribution in [1.29, 1.82) is 0 Å². The van der Waals surface area contributed by atoms with Crippen LogP contribution < -0.4 is 10.6 Å². The highest BCUT2D eigenvalue weighted by molar-refractivity contribution is 6.01. The fraction of sp³-hybridized carbons (Fsp3) is 0.235. The molecule has 0 fully saturated rings. The SMILES string of the molecule is C=C/C(=C\C=C/C)C1NC(=O)c2ccccc2N1.CC. The number of hydrogen-bond donors (Lipinski definition) is 2. The van der Waals surface area contributed by atoms with Gasteiger partial charge in [-0.3, -0.25) is 4.79 Å². The van der Waals surface area contributed by atoms with Crippen molar-refractivity contribution in [2.24, 2.45) is 0 Å². The first-order valence-corrected chi connectivity index (χ1v) is 6.88. The molecule has 1 atom stereocenters. The van der Waals surface area contributed by atoms with Gasteiger partial charge in [0.15, 0.2) is 0 Å². The van der Waals surface area contributed by atoms with E-state index < -0.39 is 0 Å². The van der Waals surface area contributed by atoms with E-state index in [-0.39, 0.29) is 12.1 Å². The van der Waals surface area contributed by atoms with Crippen molar-refractivity contribution >= 4 is 11.6 Å². The third-order valence-corrected chi connectivity index (χ3v) is 2.80. The zero-order valence-corrected chi connectivity index (χ0v) is 12.3. The second kappa shape index (κ2) is 8.00. The van der Waals surface area contributed by atoms with Gasteiger partial charge < -0.3 is 10.6 Å². The number of anilines is 1. The van der Waals surface area contributed by atoms with Gasteiger partial charge in [-0.05, 0) is 24.6 Å². The van der Waals surface area contributed by atoms with Crippen LogP contribution in [0.4, 0.5) is 5.69 Å². The monoisotopic (exact) mass is 270 g/mol. The number of nitrogens with one attached hydrogen (secondary N) is 2. The molecule has 2 N–H and O–H groups in total. The smallest absolute Gasteiger partial charge is 0.255 e. The molecule has 1 amide bonds. The van der Waals surface area contributed by atoms with Crippen LogP contribution in [-0.4, -0.2) is 12.1 Å². The van der Waals surface area contributed by atoms with Gasteiger partial charge in [0.25, 0.3) is 5.91 Å². The summed E-state index contributed by atoms with van der Waals surface area (Å²) in [7, 11) is 0. The maximum Gasteiger partial charge on any atom is 0.255 e. The maximum absolute atomic E-state index is 12.0. The largest absolute Gasteiger partial charge is 0.361 e. The Morgan fingerprint density at radius 3 is 2.60 bits per heavy atom. The fourth-order valence-electron chi connectivity index (χ4n) is 1.86. The van der Waals surface area contributed by atoms with E-state index >= 15 is 0 Å². The van der Waals surface area contributed by atoms with E-state index in [1.165, 1.54) is 0 Å². The lowest BCUT2D eigenvalue weighted by Crippen LogP contribution is -2.45. The Morgan fingerprint density at radius 2 is 1.95 bits per heavy atom. The van der Waals surface area contributed by atoms with Gasteiger partial charge >= 0.3 is 0 Å². The Balaban J connectivity index is 0.000000956. The molecular formula is C17H22N2O. The standard InChI is InChI=1S/C15H16N2O.C2H6/c1-3-5-8-11(4-2)14-16-13-10-7-6-9-12(13)15(18)17-14;1-2/h3-10,14,16H,2H2,1H3,(H,17,18);1-2H3/b5-3-,11-8+;. The van der Waals surface area contributed by atoms with Crippen LogP contribution in [0.3, 0.4) is 0 Å². The summed E-state index contributed by atoms with van der Waals surface area (Å²) in [5.74, 6) is -0.0671. The van der Waals surface area contributed by atoms with Gasteiger partial charge in [0, 0.05) is 5.69 Å². The molecule has 0 radical (unpaired) electrons. The molecule has 3 nitrogen and oxygen atoms in total. The number of para-hydroxylation sites is 1. The molecule has 106 valence electrons. The van der Waals surface area contributed by atoms with Gasteiger partial charge in [-0.25, -0.2) is 0 Å². The lowest BCUT2D eigenvalue weighted by Gasteiger charge is -2.28. The Kier molecular flexibility index (Phi) is 6.30. The van der Waals surface area contributed by atoms with Crippen molar-refractivity contribution in [3.63, 3.8) is 0 Å². The van der Waals surface area contributed by atoms with E-state index in [9.17, 15) is 4.79 Å². The first-order chi connectivity index (χ1) is 9.76. The third-order valence-electron chi connectivity index (χ3n) is 2.80. The van der Waals surface area contributed by atoms with Crippen LogP contribution in [0.2, 0.25) is 0 Å². The number of benzene rings is 1. The molecule has 2 rings (SSSR count). The van der Waals surface area contributed by atoms with Crippen molar-refractivity contribution in [2.75, 3.05) is 5.32 Å². The second-order valence-electron chi connectivity index (χ2n) is 3.99.